The molecule has 0 saturated carbocycles. The van der Waals surface area contributed by atoms with Crippen LogP contribution in [0.15, 0.2) is 54.6 Å². The molecule has 0 atom stereocenters. The van der Waals surface area contributed by atoms with Crippen LogP contribution >= 0.6 is 0 Å². The van der Waals surface area contributed by atoms with E-state index in [0.717, 1.165) is 35.0 Å². The first-order valence-corrected chi connectivity index (χ1v) is 10.2. The van der Waals surface area contributed by atoms with Crippen molar-refractivity contribution in [2.75, 3.05) is 13.7 Å². The maximum absolute atomic E-state index is 13.0. The van der Waals surface area contributed by atoms with E-state index in [9.17, 15) is 14.4 Å². The summed E-state index contributed by atoms with van der Waals surface area (Å²) < 4.78 is 7.29. The molecule has 0 bridgehead atoms. The van der Waals surface area contributed by atoms with Crippen molar-refractivity contribution in [2.24, 2.45) is 0 Å². The van der Waals surface area contributed by atoms with Crippen LogP contribution in [0.5, 0.6) is 5.75 Å². The molecule has 0 spiro atoms. The second-order valence-electron chi connectivity index (χ2n) is 7.70. The third-order valence-corrected chi connectivity index (χ3v) is 5.84. The number of fused-ring (bicyclic) bond motifs is 1. The zero-order valence-electron chi connectivity index (χ0n) is 17.8. The Morgan fingerprint density at radius 3 is 2.13 bits per heavy atom. The molecule has 0 saturated heterocycles. The van der Waals surface area contributed by atoms with Crippen LogP contribution in [0.3, 0.4) is 0 Å². The van der Waals surface area contributed by atoms with E-state index in [0.29, 0.717) is 16.7 Å². The van der Waals surface area contributed by atoms with E-state index in [2.05, 4.69) is 4.57 Å². The summed E-state index contributed by atoms with van der Waals surface area (Å²) in [5.41, 5.74) is 4.23. The van der Waals surface area contributed by atoms with Crippen molar-refractivity contribution in [3.05, 3.63) is 88.2 Å². The number of ketones is 1. The molecule has 1 aromatic heterocycles. The predicted molar refractivity (Wildman–Crippen MR) is 117 cm³/mol. The molecule has 2 heterocycles. The van der Waals surface area contributed by atoms with Crippen molar-refractivity contribution in [3.8, 4) is 5.75 Å². The van der Waals surface area contributed by atoms with Gasteiger partial charge in [-0.15, -0.1) is 0 Å². The Morgan fingerprint density at radius 2 is 1.55 bits per heavy atom. The van der Waals surface area contributed by atoms with E-state index in [1.54, 1.807) is 31.4 Å². The Bertz CT molecular complexity index is 1140. The first-order valence-electron chi connectivity index (χ1n) is 10.2. The number of aromatic nitrogens is 1. The van der Waals surface area contributed by atoms with Gasteiger partial charge in [-0.2, -0.15) is 0 Å². The van der Waals surface area contributed by atoms with Gasteiger partial charge in [-0.3, -0.25) is 19.3 Å². The van der Waals surface area contributed by atoms with Crippen molar-refractivity contribution in [3.63, 3.8) is 0 Å². The zero-order valence-corrected chi connectivity index (χ0v) is 17.8. The van der Waals surface area contributed by atoms with Crippen molar-refractivity contribution in [2.45, 2.75) is 26.8 Å². The standard InChI is InChI=1S/C25H24N2O4/c1-16-14-22(17(2)26(16)13-12-18-8-10-19(31-3)11-9-18)23(28)15-27-24(29)20-6-4-5-7-21(20)25(27)30/h4-11,14H,12-13,15H2,1-3H3. The lowest BCUT2D eigenvalue weighted by atomic mass is 10.1. The van der Waals surface area contributed by atoms with Gasteiger partial charge in [0.05, 0.1) is 24.8 Å². The summed E-state index contributed by atoms with van der Waals surface area (Å²) in [6.07, 6.45) is 0.812. The predicted octanol–water partition coefficient (Wildman–Crippen LogP) is 3.84. The molecule has 0 radical (unpaired) electrons. The minimum atomic E-state index is -0.415. The molecule has 2 aromatic carbocycles. The van der Waals surface area contributed by atoms with E-state index in [1.165, 1.54) is 5.56 Å². The number of ether oxygens (including phenoxy) is 1. The molecule has 3 aromatic rings. The van der Waals surface area contributed by atoms with Crippen LogP contribution in [0.25, 0.3) is 0 Å². The molecular weight excluding hydrogens is 392 g/mol. The number of Topliss-reactive ketones (excluding diaryl/α,β-unsaturated/α-hetero) is 1. The molecule has 2 amide bonds. The molecule has 4 rings (SSSR count). The smallest absolute Gasteiger partial charge is 0.261 e. The van der Waals surface area contributed by atoms with Gasteiger partial charge in [-0.05, 0) is 56.2 Å². The first-order chi connectivity index (χ1) is 14.9. The molecule has 6 nitrogen and oxygen atoms in total. The largest absolute Gasteiger partial charge is 0.497 e. The fourth-order valence-electron chi connectivity index (χ4n) is 4.07. The van der Waals surface area contributed by atoms with Crippen LogP contribution in [0.4, 0.5) is 0 Å². The summed E-state index contributed by atoms with van der Waals surface area (Å²) in [5.74, 6) is -0.249. The van der Waals surface area contributed by atoms with Gasteiger partial charge in [0.15, 0.2) is 5.78 Å². The van der Waals surface area contributed by atoms with Crippen LogP contribution in [-0.4, -0.2) is 40.7 Å². The summed E-state index contributed by atoms with van der Waals surface area (Å²) in [4.78, 5) is 39.2. The number of carbonyl (C=O) groups is 3. The molecule has 0 fully saturated rings. The molecule has 0 aliphatic carbocycles. The second-order valence-corrected chi connectivity index (χ2v) is 7.70. The Labute approximate surface area is 181 Å². The zero-order chi connectivity index (χ0) is 22.1. The third-order valence-electron chi connectivity index (χ3n) is 5.84. The highest BCUT2D eigenvalue weighted by molar-refractivity contribution is 6.23. The van der Waals surface area contributed by atoms with Gasteiger partial charge in [0.2, 0.25) is 0 Å². The number of amides is 2. The van der Waals surface area contributed by atoms with Crippen LogP contribution in [0.1, 0.15) is 48.0 Å². The number of imide groups is 1. The number of methoxy groups -OCH3 is 1. The molecule has 1 aliphatic heterocycles. The van der Waals surface area contributed by atoms with Gasteiger partial charge >= 0.3 is 0 Å². The van der Waals surface area contributed by atoms with Crippen molar-refractivity contribution >= 4 is 17.6 Å². The number of nitrogens with zero attached hydrogens (tertiary/aromatic N) is 2. The lowest BCUT2D eigenvalue weighted by Gasteiger charge is -2.13. The first kappa shape index (κ1) is 20.6. The van der Waals surface area contributed by atoms with Gasteiger partial charge in [-0.1, -0.05) is 24.3 Å². The average molecular weight is 416 g/mol. The third kappa shape index (κ3) is 3.77. The molecule has 6 heteroatoms. The normalized spacial score (nSPS) is 12.9. The number of benzene rings is 2. The van der Waals surface area contributed by atoms with Crippen LogP contribution < -0.4 is 4.74 Å². The number of aryl methyl sites for hydroxylation is 2. The van der Waals surface area contributed by atoms with Crippen molar-refractivity contribution < 1.29 is 19.1 Å². The van der Waals surface area contributed by atoms with Gasteiger partial charge in [0, 0.05) is 23.5 Å². The van der Waals surface area contributed by atoms with Gasteiger partial charge in [0.1, 0.15) is 5.75 Å². The Hall–Kier alpha value is -3.67. The summed E-state index contributed by atoms with van der Waals surface area (Å²) in [6.45, 7) is 4.33. The molecule has 158 valence electrons. The Balaban J connectivity index is 1.48. The molecule has 1 aliphatic rings. The topological polar surface area (TPSA) is 68.6 Å². The average Bonchev–Trinajstić information content (AvgIpc) is 3.20. The van der Waals surface area contributed by atoms with E-state index >= 15 is 0 Å². The van der Waals surface area contributed by atoms with Gasteiger partial charge in [-0.25, -0.2) is 0 Å². The maximum atomic E-state index is 13.0. The lowest BCUT2D eigenvalue weighted by molar-refractivity contribution is 0.0624. The van der Waals surface area contributed by atoms with Crippen LogP contribution in [0, 0.1) is 13.8 Å². The molecular formula is C25H24N2O4. The van der Waals surface area contributed by atoms with E-state index in [4.69, 9.17) is 4.74 Å². The summed E-state index contributed by atoms with van der Waals surface area (Å²) in [6, 6.07) is 16.4. The molecule has 0 unspecified atom stereocenters. The van der Waals surface area contributed by atoms with E-state index in [1.807, 2.05) is 44.2 Å². The van der Waals surface area contributed by atoms with Gasteiger partial charge in [0.25, 0.3) is 11.8 Å². The number of rotatable bonds is 7. The van der Waals surface area contributed by atoms with Crippen LogP contribution in [0.2, 0.25) is 0 Å². The SMILES string of the molecule is COc1ccc(CCn2c(C)cc(C(=O)CN3C(=O)c4ccccc4C3=O)c2C)cc1. The highest BCUT2D eigenvalue weighted by Gasteiger charge is 2.36. The Morgan fingerprint density at radius 1 is 0.935 bits per heavy atom. The quantitative estimate of drug-likeness (QED) is 0.434. The van der Waals surface area contributed by atoms with Crippen molar-refractivity contribution in [1.82, 2.24) is 9.47 Å². The highest BCUT2D eigenvalue weighted by atomic mass is 16.5. The Kier molecular flexibility index (Phi) is 5.46. The number of hydrogen-bond donors (Lipinski definition) is 0. The van der Waals surface area contributed by atoms with Gasteiger partial charge < -0.3 is 9.30 Å². The minimum absolute atomic E-state index is 0.238. The lowest BCUT2D eigenvalue weighted by Crippen LogP contribution is -2.35. The monoisotopic (exact) mass is 416 g/mol. The summed E-state index contributed by atoms with van der Waals surface area (Å²) in [5, 5.41) is 0. The highest BCUT2D eigenvalue weighted by Crippen LogP contribution is 2.24. The fourth-order valence-corrected chi connectivity index (χ4v) is 4.07. The summed E-state index contributed by atoms with van der Waals surface area (Å²) >= 11 is 0. The number of carbonyl (C=O) groups excluding carboxylic acids is 3. The maximum Gasteiger partial charge on any atom is 0.261 e. The summed E-state index contributed by atoms with van der Waals surface area (Å²) in [7, 11) is 1.64. The van der Waals surface area contributed by atoms with Crippen LogP contribution in [-0.2, 0) is 13.0 Å². The van der Waals surface area contributed by atoms with Crippen molar-refractivity contribution in [1.29, 1.82) is 0 Å². The second kappa shape index (κ2) is 8.22. The molecule has 0 N–H and O–H groups in total. The van der Waals surface area contributed by atoms with E-state index in [-0.39, 0.29) is 12.3 Å². The number of hydrogen-bond acceptors (Lipinski definition) is 4. The van der Waals surface area contributed by atoms with E-state index < -0.39 is 11.8 Å². The fraction of sp³-hybridized carbons (Fsp3) is 0.240. The minimum Gasteiger partial charge on any atom is -0.497 e. The molecule has 31 heavy (non-hydrogen) atoms.